The van der Waals surface area contributed by atoms with Gasteiger partial charge in [0.15, 0.2) is 0 Å². The molecule has 0 aromatic carbocycles. The van der Waals surface area contributed by atoms with Crippen molar-refractivity contribution in [1.82, 2.24) is 10.4 Å². The molecule has 21 heavy (non-hydrogen) atoms. The van der Waals surface area contributed by atoms with Crippen LogP contribution < -0.4 is 15.5 Å². The van der Waals surface area contributed by atoms with Crippen molar-refractivity contribution in [3.05, 3.63) is 23.9 Å². The van der Waals surface area contributed by atoms with E-state index in [-0.39, 0.29) is 17.3 Å². The average molecular weight is 322 g/mol. The van der Waals surface area contributed by atoms with Gasteiger partial charge in [-0.1, -0.05) is 0 Å². The Balaban J connectivity index is 2.61. The zero-order valence-corrected chi connectivity index (χ0v) is 11.6. The number of halogens is 3. The van der Waals surface area contributed by atoms with Crippen molar-refractivity contribution >= 4 is 29.5 Å². The highest BCUT2D eigenvalue weighted by molar-refractivity contribution is 8.00. The second-order valence-electron chi connectivity index (χ2n) is 3.86. The van der Waals surface area contributed by atoms with Crippen molar-refractivity contribution in [3.63, 3.8) is 0 Å². The molecule has 116 valence electrons. The van der Waals surface area contributed by atoms with Crippen molar-refractivity contribution in [3.8, 4) is 0 Å². The summed E-state index contributed by atoms with van der Waals surface area (Å²) in [7, 11) is 1.32. The van der Waals surface area contributed by atoms with Gasteiger partial charge >= 0.3 is 6.18 Å². The van der Waals surface area contributed by atoms with E-state index in [0.29, 0.717) is 0 Å². The molecule has 1 aromatic heterocycles. The number of carbonyl (C=O) groups is 2. The van der Waals surface area contributed by atoms with Gasteiger partial charge in [-0.2, -0.15) is 13.2 Å². The molecule has 0 bridgehead atoms. The molecule has 1 heterocycles. The van der Waals surface area contributed by atoms with E-state index in [1.54, 1.807) is 0 Å². The predicted molar refractivity (Wildman–Crippen MR) is 68.1 cm³/mol. The van der Waals surface area contributed by atoms with Crippen LogP contribution in [0.25, 0.3) is 0 Å². The Hall–Kier alpha value is -1.97. The van der Waals surface area contributed by atoms with Crippen LogP contribution in [0.4, 0.5) is 19.0 Å². The second kappa shape index (κ2) is 7.16. The zero-order valence-electron chi connectivity index (χ0n) is 10.8. The summed E-state index contributed by atoms with van der Waals surface area (Å²) in [6, 6.07) is 1.60. The Morgan fingerprint density at radius 2 is 2.10 bits per heavy atom. The highest BCUT2D eigenvalue weighted by atomic mass is 32.2. The minimum absolute atomic E-state index is 0.0944. The molecule has 0 saturated carbocycles. The number of pyridine rings is 1. The normalized spacial score (nSPS) is 11.0. The van der Waals surface area contributed by atoms with Crippen molar-refractivity contribution in [2.45, 2.75) is 6.18 Å². The monoisotopic (exact) mass is 322 g/mol. The van der Waals surface area contributed by atoms with E-state index in [9.17, 15) is 27.9 Å². The van der Waals surface area contributed by atoms with E-state index < -0.39 is 23.6 Å². The molecule has 1 aromatic rings. The number of nitrogens with one attached hydrogen (secondary N) is 1. The van der Waals surface area contributed by atoms with Crippen LogP contribution in [0, 0.1) is 0 Å². The van der Waals surface area contributed by atoms with E-state index in [4.69, 9.17) is 0 Å². The lowest BCUT2D eigenvalue weighted by molar-refractivity contribution is -0.301. The van der Waals surface area contributed by atoms with Gasteiger partial charge in [-0.3, -0.25) is 15.2 Å². The summed E-state index contributed by atoms with van der Waals surface area (Å²) >= 11 is 0.813. The first kappa shape index (κ1) is 17.1. The SMILES string of the molecule is CN(NC(=O)CSCC(=O)[O-])c1cc(C(F)(F)F)ccn1. The summed E-state index contributed by atoms with van der Waals surface area (Å²) in [6.07, 6.45) is -3.53. The van der Waals surface area contributed by atoms with Crippen molar-refractivity contribution in [1.29, 1.82) is 0 Å². The van der Waals surface area contributed by atoms with Crippen LogP contribution in [0.15, 0.2) is 18.3 Å². The van der Waals surface area contributed by atoms with Crippen LogP contribution in [0.1, 0.15) is 5.56 Å². The molecule has 1 rings (SSSR count). The van der Waals surface area contributed by atoms with Crippen LogP contribution in [-0.4, -0.2) is 35.4 Å². The lowest BCUT2D eigenvalue weighted by Crippen LogP contribution is -2.41. The smallest absolute Gasteiger partial charge is 0.416 e. The Morgan fingerprint density at radius 3 is 2.67 bits per heavy atom. The Labute approximate surface area is 122 Å². The quantitative estimate of drug-likeness (QED) is 0.745. The number of carbonyl (C=O) groups excluding carboxylic acids is 2. The molecule has 0 atom stereocenters. The van der Waals surface area contributed by atoms with Crippen molar-refractivity contribution in [2.24, 2.45) is 0 Å². The standard InChI is InChI=1S/C11H12F3N3O3S/c1-17(16-9(18)5-21-6-10(19)20)8-4-7(2-3-15-8)11(12,13)14/h2-4H,5-6H2,1H3,(H,16,18)(H,19,20)/p-1. The maximum absolute atomic E-state index is 12.5. The number of hydrogen-bond acceptors (Lipinski definition) is 6. The molecule has 1 N–H and O–H groups in total. The molecule has 6 nitrogen and oxygen atoms in total. The minimum Gasteiger partial charge on any atom is -0.549 e. The molecule has 0 unspecified atom stereocenters. The third-order valence-corrected chi connectivity index (χ3v) is 3.07. The maximum Gasteiger partial charge on any atom is 0.416 e. The van der Waals surface area contributed by atoms with Gasteiger partial charge in [0, 0.05) is 19.0 Å². The number of hydrazine groups is 1. The molecule has 0 fully saturated rings. The molecule has 0 aliphatic heterocycles. The van der Waals surface area contributed by atoms with Gasteiger partial charge in [0.05, 0.1) is 17.3 Å². The van der Waals surface area contributed by atoms with E-state index in [2.05, 4.69) is 10.4 Å². The van der Waals surface area contributed by atoms with Crippen LogP contribution in [0.2, 0.25) is 0 Å². The highest BCUT2D eigenvalue weighted by Gasteiger charge is 2.31. The maximum atomic E-state index is 12.5. The first-order valence-corrected chi connectivity index (χ1v) is 6.69. The zero-order chi connectivity index (χ0) is 16.0. The summed E-state index contributed by atoms with van der Waals surface area (Å²) in [6.45, 7) is 0. The highest BCUT2D eigenvalue weighted by Crippen LogP contribution is 2.30. The number of carboxylic acids is 1. The number of nitrogens with zero attached hydrogens (tertiary/aromatic N) is 2. The molecule has 1 amide bonds. The molecule has 0 aliphatic carbocycles. The third-order valence-electron chi connectivity index (χ3n) is 2.16. The molecule has 0 radical (unpaired) electrons. The topological polar surface area (TPSA) is 85.4 Å². The van der Waals surface area contributed by atoms with E-state index in [1.807, 2.05) is 0 Å². The van der Waals surface area contributed by atoms with Crippen LogP contribution in [0.3, 0.4) is 0 Å². The third kappa shape index (κ3) is 5.90. The Kier molecular flexibility index (Phi) is 5.82. The summed E-state index contributed by atoms with van der Waals surface area (Å²) in [5.74, 6) is -2.48. The minimum atomic E-state index is -4.51. The number of anilines is 1. The molecule has 0 saturated heterocycles. The number of alkyl halides is 3. The Bertz CT molecular complexity index is 525. The van der Waals surface area contributed by atoms with Gasteiger partial charge in [-0.05, 0) is 12.1 Å². The number of aliphatic carboxylic acids is 1. The number of rotatable bonds is 6. The molecular formula is C11H11F3N3O3S-. The molecule has 10 heteroatoms. The lowest BCUT2D eigenvalue weighted by atomic mass is 10.2. The Morgan fingerprint density at radius 1 is 1.43 bits per heavy atom. The van der Waals surface area contributed by atoms with Gasteiger partial charge in [0.2, 0.25) is 5.91 Å². The van der Waals surface area contributed by atoms with Crippen LogP contribution in [0.5, 0.6) is 0 Å². The number of amides is 1. The summed E-state index contributed by atoms with van der Waals surface area (Å²) in [5.41, 5.74) is 1.39. The number of carboxylic acid groups (broad SMARTS) is 1. The van der Waals surface area contributed by atoms with Crippen molar-refractivity contribution < 1.29 is 27.9 Å². The van der Waals surface area contributed by atoms with Gasteiger partial charge < -0.3 is 9.90 Å². The van der Waals surface area contributed by atoms with Gasteiger partial charge in [-0.25, -0.2) is 4.98 Å². The van der Waals surface area contributed by atoms with Crippen LogP contribution >= 0.6 is 11.8 Å². The summed E-state index contributed by atoms with van der Waals surface area (Å²) < 4.78 is 37.6. The average Bonchev–Trinajstić information content (AvgIpc) is 2.37. The van der Waals surface area contributed by atoms with E-state index >= 15 is 0 Å². The molecular weight excluding hydrogens is 311 g/mol. The first-order valence-electron chi connectivity index (χ1n) is 5.54. The first-order chi connectivity index (χ1) is 9.70. The van der Waals surface area contributed by atoms with E-state index in [0.717, 1.165) is 35.1 Å². The van der Waals surface area contributed by atoms with Gasteiger partial charge in [0.25, 0.3) is 0 Å². The summed E-state index contributed by atoms with van der Waals surface area (Å²) in [5, 5.41) is 11.2. The van der Waals surface area contributed by atoms with E-state index in [1.165, 1.54) is 7.05 Å². The largest absolute Gasteiger partial charge is 0.549 e. The van der Waals surface area contributed by atoms with Gasteiger partial charge in [0.1, 0.15) is 5.82 Å². The molecule has 0 aliphatic rings. The number of thioether (sulfide) groups is 1. The molecule has 0 spiro atoms. The number of aromatic nitrogens is 1. The fourth-order valence-corrected chi connectivity index (χ4v) is 1.80. The predicted octanol–water partition coefficient (Wildman–Crippen LogP) is 0.0509. The second-order valence-corrected chi connectivity index (χ2v) is 4.84. The fourth-order valence-electron chi connectivity index (χ4n) is 1.28. The fraction of sp³-hybridized carbons (Fsp3) is 0.364. The summed E-state index contributed by atoms with van der Waals surface area (Å²) in [4.78, 5) is 25.3. The lowest BCUT2D eigenvalue weighted by Gasteiger charge is -2.20. The van der Waals surface area contributed by atoms with Gasteiger partial charge in [-0.15, -0.1) is 11.8 Å². The van der Waals surface area contributed by atoms with Crippen LogP contribution in [-0.2, 0) is 15.8 Å². The van der Waals surface area contributed by atoms with Crippen molar-refractivity contribution in [2.75, 3.05) is 23.6 Å². The number of hydrogen-bond donors (Lipinski definition) is 1.